The van der Waals surface area contributed by atoms with Crippen molar-refractivity contribution < 1.29 is 9.90 Å². The Hall–Kier alpha value is -2.02. The van der Waals surface area contributed by atoms with Crippen molar-refractivity contribution in [1.29, 1.82) is 0 Å². The van der Waals surface area contributed by atoms with Crippen LogP contribution in [-0.2, 0) is 17.6 Å². The molecule has 0 spiro atoms. The predicted molar refractivity (Wildman–Crippen MR) is 75.9 cm³/mol. The monoisotopic (exact) mass is 293 g/mol. The molecule has 6 nitrogen and oxygen atoms in total. The van der Waals surface area contributed by atoms with Crippen LogP contribution in [0.5, 0.6) is 0 Å². The van der Waals surface area contributed by atoms with Crippen molar-refractivity contribution in [3.63, 3.8) is 0 Å². The van der Waals surface area contributed by atoms with Gasteiger partial charge in [0, 0.05) is 12.8 Å². The van der Waals surface area contributed by atoms with Crippen molar-refractivity contribution in [3.05, 3.63) is 45.9 Å². The number of carbonyl (C=O) groups is 1. The van der Waals surface area contributed by atoms with E-state index in [1.165, 1.54) is 16.3 Å². The largest absolute Gasteiger partial charge is 0.481 e. The zero-order valence-electron chi connectivity index (χ0n) is 11.2. The second-order valence-electron chi connectivity index (χ2n) is 4.46. The summed E-state index contributed by atoms with van der Waals surface area (Å²) in [6.45, 7) is 1.66. The van der Waals surface area contributed by atoms with Gasteiger partial charge in [-0.25, -0.2) is 9.89 Å². The molecule has 0 bridgehead atoms. The van der Waals surface area contributed by atoms with Gasteiger partial charge >= 0.3 is 11.7 Å². The van der Waals surface area contributed by atoms with Gasteiger partial charge in [0.1, 0.15) is 0 Å². The van der Waals surface area contributed by atoms with E-state index in [0.717, 1.165) is 11.1 Å². The highest BCUT2D eigenvalue weighted by Gasteiger charge is 2.13. The molecule has 2 aromatic rings. The molecule has 1 heterocycles. The number of hydrogen-bond donors (Lipinski definition) is 2. The maximum absolute atomic E-state index is 11.2. The van der Waals surface area contributed by atoms with Crippen LogP contribution in [0.1, 0.15) is 24.0 Å². The van der Waals surface area contributed by atoms with Gasteiger partial charge in [-0.05, 0) is 18.1 Å². The molecular weight excluding hydrogens is 278 g/mol. The molecule has 0 radical (unpaired) electrons. The molecule has 0 saturated carbocycles. The summed E-state index contributed by atoms with van der Waals surface area (Å²) in [5.41, 5.74) is 1.59. The van der Waals surface area contributed by atoms with Crippen molar-refractivity contribution in [2.75, 3.05) is 0 Å². The van der Waals surface area contributed by atoms with Crippen LogP contribution in [-0.4, -0.2) is 25.8 Å². The summed E-state index contributed by atoms with van der Waals surface area (Å²) in [6.07, 6.45) is 0. The lowest BCUT2D eigenvalue weighted by molar-refractivity contribution is -0.138. The number of rotatable bonds is 5. The molecule has 0 aliphatic rings. The second-order valence-corrected chi connectivity index (χ2v) is 5.40. The third-order valence-corrected chi connectivity index (χ3v) is 4.16. The van der Waals surface area contributed by atoms with Gasteiger partial charge in [-0.15, -0.1) is 5.10 Å². The molecular formula is C13H15N3O3S. The van der Waals surface area contributed by atoms with Gasteiger partial charge in [0.25, 0.3) is 0 Å². The molecule has 2 N–H and O–H groups in total. The van der Waals surface area contributed by atoms with Crippen molar-refractivity contribution >= 4 is 17.7 Å². The van der Waals surface area contributed by atoms with E-state index >= 15 is 0 Å². The minimum atomic E-state index is -0.835. The van der Waals surface area contributed by atoms with Gasteiger partial charge in [-0.1, -0.05) is 36.0 Å². The summed E-state index contributed by atoms with van der Waals surface area (Å²) in [4.78, 5) is 22.1. The van der Waals surface area contributed by atoms with Crippen molar-refractivity contribution in [3.8, 4) is 0 Å². The smallest absolute Gasteiger partial charge is 0.343 e. The fourth-order valence-corrected chi connectivity index (χ4v) is 2.53. The fraction of sp³-hybridized carbons (Fsp3) is 0.308. The van der Waals surface area contributed by atoms with E-state index < -0.39 is 11.9 Å². The van der Waals surface area contributed by atoms with Crippen molar-refractivity contribution in [2.45, 2.75) is 23.8 Å². The molecule has 1 aromatic heterocycles. The van der Waals surface area contributed by atoms with E-state index in [0.29, 0.717) is 10.9 Å². The Labute approximate surface area is 119 Å². The number of benzene rings is 1. The highest BCUT2D eigenvalue weighted by Crippen LogP contribution is 2.21. The zero-order valence-corrected chi connectivity index (χ0v) is 12.0. The molecule has 106 valence electrons. The molecule has 2 rings (SSSR count). The highest BCUT2D eigenvalue weighted by atomic mass is 32.2. The van der Waals surface area contributed by atoms with Crippen LogP contribution in [0.15, 0.2) is 34.2 Å². The van der Waals surface area contributed by atoms with E-state index in [4.69, 9.17) is 5.11 Å². The Bertz CT molecular complexity index is 660. The molecule has 20 heavy (non-hydrogen) atoms. The third kappa shape index (κ3) is 3.11. The van der Waals surface area contributed by atoms with E-state index in [2.05, 4.69) is 10.2 Å². The minimum Gasteiger partial charge on any atom is -0.481 e. The average molecular weight is 293 g/mol. The van der Waals surface area contributed by atoms with Crippen LogP contribution in [0, 0.1) is 0 Å². The molecule has 0 aliphatic heterocycles. The summed E-state index contributed by atoms with van der Waals surface area (Å²) in [6, 6.07) is 7.43. The number of aromatic nitrogens is 3. The quantitative estimate of drug-likeness (QED) is 0.817. The molecule has 0 aliphatic carbocycles. The number of hydrogen-bond acceptors (Lipinski definition) is 4. The summed E-state index contributed by atoms with van der Waals surface area (Å²) < 4.78 is 1.45. The molecule has 1 unspecified atom stereocenters. The number of thioether (sulfide) groups is 1. The first-order chi connectivity index (χ1) is 9.49. The number of carboxylic acid groups (broad SMARTS) is 1. The Balaban J connectivity index is 2.02. The molecule has 0 fully saturated rings. The van der Waals surface area contributed by atoms with Gasteiger partial charge in [0.05, 0.1) is 5.92 Å². The van der Waals surface area contributed by atoms with Crippen LogP contribution in [0.25, 0.3) is 0 Å². The molecule has 0 amide bonds. The first-order valence-corrected chi connectivity index (χ1v) is 7.03. The van der Waals surface area contributed by atoms with Gasteiger partial charge < -0.3 is 5.11 Å². The Morgan fingerprint density at radius 1 is 1.45 bits per heavy atom. The van der Waals surface area contributed by atoms with Gasteiger partial charge in [0.2, 0.25) is 0 Å². The average Bonchev–Trinajstić information content (AvgIpc) is 2.76. The summed E-state index contributed by atoms with van der Waals surface area (Å²) >= 11 is 1.45. The normalized spacial score (nSPS) is 12.3. The van der Waals surface area contributed by atoms with E-state index in [1.807, 2.05) is 24.3 Å². The lowest BCUT2D eigenvalue weighted by Crippen LogP contribution is -2.12. The molecule has 1 atom stereocenters. The predicted octanol–water partition coefficient (Wildman–Crippen LogP) is 1.59. The SMILES string of the molecule is CC(C(=O)O)c1ccc(CSc2n[nH]c(=O)n2C)cc1. The Morgan fingerprint density at radius 2 is 2.10 bits per heavy atom. The lowest BCUT2D eigenvalue weighted by Gasteiger charge is -2.07. The van der Waals surface area contributed by atoms with Crippen molar-refractivity contribution in [1.82, 2.24) is 14.8 Å². The topological polar surface area (TPSA) is 88.0 Å². The highest BCUT2D eigenvalue weighted by molar-refractivity contribution is 7.98. The van der Waals surface area contributed by atoms with Crippen molar-refractivity contribution in [2.24, 2.45) is 7.05 Å². The van der Waals surface area contributed by atoms with Crippen LogP contribution in [0.2, 0.25) is 0 Å². The number of nitrogens with one attached hydrogen (secondary N) is 1. The first kappa shape index (κ1) is 14.4. The second kappa shape index (κ2) is 5.96. The number of aliphatic carboxylic acids is 1. The van der Waals surface area contributed by atoms with Crippen LogP contribution in [0.3, 0.4) is 0 Å². The summed E-state index contributed by atoms with van der Waals surface area (Å²) in [7, 11) is 1.66. The fourth-order valence-electron chi connectivity index (χ4n) is 1.65. The van der Waals surface area contributed by atoms with Crippen LogP contribution in [0.4, 0.5) is 0 Å². The number of H-pyrrole nitrogens is 1. The Morgan fingerprint density at radius 3 is 2.60 bits per heavy atom. The maximum Gasteiger partial charge on any atom is 0.343 e. The van der Waals surface area contributed by atoms with Crippen LogP contribution >= 0.6 is 11.8 Å². The Kier molecular flexibility index (Phi) is 4.29. The molecule has 1 aromatic carbocycles. The number of aromatic amines is 1. The number of carboxylic acids is 1. The standard InChI is InChI=1S/C13H15N3O3S/c1-8(11(17)18)10-5-3-9(4-6-10)7-20-13-15-14-12(19)16(13)2/h3-6,8H,7H2,1-2H3,(H,14,19)(H,17,18). The summed E-state index contributed by atoms with van der Waals surface area (Å²) in [5, 5.41) is 15.9. The first-order valence-electron chi connectivity index (χ1n) is 6.05. The zero-order chi connectivity index (χ0) is 14.7. The third-order valence-electron chi connectivity index (χ3n) is 3.06. The van der Waals surface area contributed by atoms with Gasteiger partial charge in [-0.3, -0.25) is 9.36 Å². The molecule has 0 saturated heterocycles. The van der Waals surface area contributed by atoms with E-state index in [1.54, 1.807) is 14.0 Å². The molecule has 7 heteroatoms. The van der Waals surface area contributed by atoms with Crippen LogP contribution < -0.4 is 5.69 Å². The van der Waals surface area contributed by atoms with Gasteiger partial charge in [-0.2, -0.15) is 0 Å². The van der Waals surface area contributed by atoms with E-state index in [-0.39, 0.29) is 5.69 Å². The minimum absolute atomic E-state index is 0.238. The van der Waals surface area contributed by atoms with E-state index in [9.17, 15) is 9.59 Å². The van der Waals surface area contributed by atoms with Gasteiger partial charge in [0.15, 0.2) is 5.16 Å². The lowest BCUT2D eigenvalue weighted by atomic mass is 10.0. The number of nitrogens with zero attached hydrogens (tertiary/aromatic N) is 2. The maximum atomic E-state index is 11.2. The summed E-state index contributed by atoms with van der Waals surface area (Å²) in [5.74, 6) is -0.678.